The van der Waals surface area contributed by atoms with Gasteiger partial charge in [0.2, 0.25) is 5.67 Å². The van der Waals surface area contributed by atoms with Crippen LogP contribution in [0.15, 0.2) is 72.8 Å². The van der Waals surface area contributed by atoms with Gasteiger partial charge in [0.25, 0.3) is 0 Å². The van der Waals surface area contributed by atoms with Crippen molar-refractivity contribution in [1.82, 2.24) is 0 Å². The summed E-state index contributed by atoms with van der Waals surface area (Å²) in [4.78, 5) is 12.3. The third-order valence-corrected chi connectivity index (χ3v) is 7.06. The molecule has 0 aliphatic carbocycles. The van der Waals surface area contributed by atoms with Crippen LogP contribution in [0.4, 0.5) is 4.39 Å². The van der Waals surface area contributed by atoms with E-state index >= 15 is 0 Å². The van der Waals surface area contributed by atoms with E-state index in [0.717, 1.165) is 29.5 Å². The highest BCUT2D eigenvalue weighted by molar-refractivity contribution is 5.84. The van der Waals surface area contributed by atoms with Crippen molar-refractivity contribution in [2.75, 3.05) is 0 Å². The molecule has 1 unspecified atom stereocenters. The van der Waals surface area contributed by atoms with Crippen LogP contribution in [-0.2, 0) is 11.2 Å². The highest BCUT2D eigenvalue weighted by atomic mass is 19.1. The first-order valence-electron chi connectivity index (χ1n) is 14.1. The lowest BCUT2D eigenvalue weighted by Gasteiger charge is -2.18. The Morgan fingerprint density at radius 1 is 0.703 bits per heavy atom. The minimum atomic E-state index is -1.97. The van der Waals surface area contributed by atoms with E-state index in [2.05, 4.69) is 49.4 Å². The quantitative estimate of drug-likeness (QED) is 0.117. The second-order valence-corrected chi connectivity index (χ2v) is 10.3. The number of carbonyl (C=O) groups excluding carboxylic acids is 1. The molecule has 0 aliphatic rings. The van der Waals surface area contributed by atoms with Crippen LogP contribution in [0.5, 0.6) is 5.75 Å². The number of hydrogen-bond donors (Lipinski definition) is 0. The molecule has 3 aromatic carbocycles. The normalized spacial score (nSPS) is 12.8. The predicted molar refractivity (Wildman–Crippen MR) is 154 cm³/mol. The maximum absolute atomic E-state index is 14.6. The number of hydrogen-bond acceptors (Lipinski definition) is 2. The summed E-state index contributed by atoms with van der Waals surface area (Å²) < 4.78 is 20.0. The van der Waals surface area contributed by atoms with Crippen molar-refractivity contribution in [2.24, 2.45) is 0 Å². The second kappa shape index (κ2) is 14.7. The molecule has 2 nitrogen and oxygen atoms in total. The lowest BCUT2D eigenvalue weighted by molar-refractivity contribution is -0.147. The number of benzene rings is 3. The van der Waals surface area contributed by atoms with Gasteiger partial charge in [-0.05, 0) is 72.6 Å². The molecule has 37 heavy (non-hydrogen) atoms. The zero-order valence-corrected chi connectivity index (χ0v) is 22.9. The molecule has 0 aromatic heterocycles. The van der Waals surface area contributed by atoms with E-state index in [0.29, 0.717) is 12.2 Å². The highest BCUT2D eigenvalue weighted by Gasteiger charge is 2.34. The van der Waals surface area contributed by atoms with Crippen molar-refractivity contribution in [3.05, 3.63) is 78.4 Å². The van der Waals surface area contributed by atoms with Crippen molar-refractivity contribution in [1.29, 1.82) is 0 Å². The molecule has 0 spiro atoms. The summed E-state index contributed by atoms with van der Waals surface area (Å²) >= 11 is 0. The fraction of sp³-hybridized carbons (Fsp3) is 0.441. The molecule has 0 fully saturated rings. The molecular weight excluding hydrogens is 459 g/mol. The first kappa shape index (κ1) is 28.6. The third-order valence-electron chi connectivity index (χ3n) is 7.06. The van der Waals surface area contributed by atoms with Crippen LogP contribution in [0.3, 0.4) is 0 Å². The number of carbonyl (C=O) groups is 1. The van der Waals surface area contributed by atoms with Crippen molar-refractivity contribution in [3.8, 4) is 28.0 Å². The number of aryl methyl sites for hydroxylation is 1. The Morgan fingerprint density at radius 2 is 1.22 bits per heavy atom. The molecule has 0 N–H and O–H groups in total. The van der Waals surface area contributed by atoms with E-state index in [1.165, 1.54) is 63.0 Å². The SMILES string of the molecule is CCCCCCCCCc1ccc(-c2ccccc2-c2ccc(OC(=O)C(C)(F)CCCC)cc2)cc1. The highest BCUT2D eigenvalue weighted by Crippen LogP contribution is 2.33. The molecule has 0 saturated heterocycles. The van der Waals surface area contributed by atoms with Gasteiger partial charge in [0.05, 0.1) is 0 Å². The molecule has 0 saturated carbocycles. The predicted octanol–water partition coefficient (Wildman–Crippen LogP) is 10.1. The van der Waals surface area contributed by atoms with Crippen LogP contribution in [-0.4, -0.2) is 11.6 Å². The first-order valence-corrected chi connectivity index (χ1v) is 14.1. The molecule has 3 rings (SSSR count). The zero-order valence-electron chi connectivity index (χ0n) is 22.9. The van der Waals surface area contributed by atoms with Gasteiger partial charge in [0, 0.05) is 0 Å². The lowest BCUT2D eigenvalue weighted by atomic mass is 9.93. The largest absolute Gasteiger partial charge is 0.424 e. The van der Waals surface area contributed by atoms with Crippen LogP contribution in [0.2, 0.25) is 0 Å². The van der Waals surface area contributed by atoms with Gasteiger partial charge in [0.15, 0.2) is 0 Å². The second-order valence-electron chi connectivity index (χ2n) is 10.3. The van der Waals surface area contributed by atoms with E-state index in [-0.39, 0.29) is 6.42 Å². The first-order chi connectivity index (χ1) is 17.9. The Morgan fingerprint density at radius 3 is 1.78 bits per heavy atom. The van der Waals surface area contributed by atoms with Gasteiger partial charge >= 0.3 is 5.97 Å². The summed E-state index contributed by atoms with van der Waals surface area (Å²) in [7, 11) is 0. The van der Waals surface area contributed by atoms with Crippen LogP contribution < -0.4 is 4.74 Å². The Hall–Kier alpha value is -2.94. The molecule has 0 bridgehead atoms. The minimum absolute atomic E-state index is 0.172. The number of esters is 1. The molecule has 3 heteroatoms. The maximum atomic E-state index is 14.6. The number of rotatable bonds is 15. The van der Waals surface area contributed by atoms with Crippen LogP contribution >= 0.6 is 0 Å². The van der Waals surface area contributed by atoms with Crippen molar-refractivity contribution in [3.63, 3.8) is 0 Å². The van der Waals surface area contributed by atoms with Crippen molar-refractivity contribution >= 4 is 5.97 Å². The van der Waals surface area contributed by atoms with E-state index in [4.69, 9.17) is 4.74 Å². The van der Waals surface area contributed by atoms with Crippen LogP contribution in [0, 0.1) is 0 Å². The molecule has 198 valence electrons. The average molecular weight is 503 g/mol. The summed E-state index contributed by atoms with van der Waals surface area (Å²) in [5.41, 5.74) is 3.89. The zero-order chi connectivity index (χ0) is 26.5. The Bertz CT molecular complexity index is 1080. The molecule has 0 aliphatic heterocycles. The van der Waals surface area contributed by atoms with E-state index in [1.807, 2.05) is 25.1 Å². The number of ether oxygens (including phenoxy) is 1. The average Bonchev–Trinajstić information content (AvgIpc) is 2.92. The fourth-order valence-corrected chi connectivity index (χ4v) is 4.65. The topological polar surface area (TPSA) is 26.3 Å². The van der Waals surface area contributed by atoms with Crippen LogP contribution in [0.1, 0.15) is 90.5 Å². The van der Waals surface area contributed by atoms with E-state index in [1.54, 1.807) is 12.1 Å². The lowest BCUT2D eigenvalue weighted by Crippen LogP contribution is -2.34. The summed E-state index contributed by atoms with van der Waals surface area (Å²) in [6.07, 6.45) is 12.1. The Labute approximate surface area is 223 Å². The van der Waals surface area contributed by atoms with E-state index < -0.39 is 11.6 Å². The third kappa shape index (κ3) is 8.84. The van der Waals surface area contributed by atoms with Gasteiger partial charge < -0.3 is 4.74 Å². The number of unbranched alkanes of at least 4 members (excludes halogenated alkanes) is 7. The molecule has 3 aromatic rings. The summed E-state index contributed by atoms with van der Waals surface area (Å²) in [5, 5.41) is 0. The van der Waals surface area contributed by atoms with Gasteiger partial charge in [-0.3, -0.25) is 0 Å². The fourth-order valence-electron chi connectivity index (χ4n) is 4.65. The van der Waals surface area contributed by atoms with Crippen molar-refractivity contribution < 1.29 is 13.9 Å². The smallest absolute Gasteiger partial charge is 0.348 e. The molecular formula is C34H43FO2. The van der Waals surface area contributed by atoms with Gasteiger partial charge in [-0.2, -0.15) is 0 Å². The minimum Gasteiger partial charge on any atom is -0.424 e. The van der Waals surface area contributed by atoms with Crippen LogP contribution in [0.25, 0.3) is 22.3 Å². The summed E-state index contributed by atoms with van der Waals surface area (Å²) in [6, 6.07) is 24.6. The Balaban J connectivity index is 1.63. The molecule has 0 radical (unpaired) electrons. The standard InChI is InChI=1S/C34H43FO2/c1-4-6-8-9-10-11-12-15-27-18-20-28(21-19-27)31-16-13-14-17-32(31)29-22-24-30(25-23-29)37-33(36)34(3,35)26-7-5-2/h13-14,16-25H,4-12,15,26H2,1-3H3. The molecule has 1 atom stereocenters. The molecule has 0 heterocycles. The van der Waals surface area contributed by atoms with Gasteiger partial charge in [-0.1, -0.05) is 119 Å². The molecule has 0 amide bonds. The van der Waals surface area contributed by atoms with Gasteiger partial charge in [0.1, 0.15) is 5.75 Å². The van der Waals surface area contributed by atoms with Gasteiger partial charge in [-0.25, -0.2) is 9.18 Å². The summed E-state index contributed by atoms with van der Waals surface area (Å²) in [5.74, 6) is -0.466. The number of alkyl halides is 1. The Kier molecular flexibility index (Phi) is 11.4. The van der Waals surface area contributed by atoms with Crippen molar-refractivity contribution in [2.45, 2.75) is 97.1 Å². The summed E-state index contributed by atoms with van der Waals surface area (Å²) in [6.45, 7) is 5.54. The number of halogens is 1. The van der Waals surface area contributed by atoms with E-state index in [9.17, 15) is 9.18 Å². The maximum Gasteiger partial charge on any atom is 0.348 e. The van der Waals surface area contributed by atoms with Gasteiger partial charge in [-0.15, -0.1) is 0 Å². The monoisotopic (exact) mass is 502 g/mol.